The van der Waals surface area contributed by atoms with Crippen LogP contribution in [0.25, 0.3) is 65.6 Å². The van der Waals surface area contributed by atoms with E-state index in [4.69, 9.17) is 9.97 Å². The van der Waals surface area contributed by atoms with Crippen LogP contribution in [0.5, 0.6) is 0 Å². The van der Waals surface area contributed by atoms with E-state index in [9.17, 15) is 0 Å². The maximum absolute atomic E-state index is 5.00. The number of pyridine rings is 2. The lowest BCUT2D eigenvalue weighted by molar-refractivity contribution is 0.952. The van der Waals surface area contributed by atoms with Crippen molar-refractivity contribution in [3.8, 4) is 22.5 Å². The van der Waals surface area contributed by atoms with Gasteiger partial charge in [0.2, 0.25) is 0 Å². The molecule has 0 spiro atoms. The molecule has 0 radical (unpaired) electrons. The molecule has 4 heteroatoms. The normalized spacial score (nSPS) is 13.4. The first kappa shape index (κ1) is 25.7. The molecule has 1 aliphatic rings. The van der Waals surface area contributed by atoms with Crippen LogP contribution in [0.2, 0.25) is 0 Å². The van der Waals surface area contributed by atoms with E-state index in [2.05, 4.69) is 143 Å². The van der Waals surface area contributed by atoms with Crippen molar-refractivity contribution in [3.63, 3.8) is 0 Å². The Hall–Kier alpha value is -5.74. The molecule has 4 nitrogen and oxygen atoms in total. The third kappa shape index (κ3) is 4.21. The molecule has 1 aliphatic heterocycles. The van der Waals surface area contributed by atoms with Crippen molar-refractivity contribution in [3.05, 3.63) is 146 Å². The second-order valence-electron chi connectivity index (χ2n) is 11.8. The Kier molecular flexibility index (Phi) is 5.98. The zero-order valence-electron chi connectivity index (χ0n) is 24.8. The molecule has 0 aliphatic carbocycles. The molecule has 0 unspecified atom stereocenters. The summed E-state index contributed by atoms with van der Waals surface area (Å²) in [5.74, 6) is 0. The first-order valence-corrected chi connectivity index (χ1v) is 15.6. The Morgan fingerprint density at radius 2 is 0.756 bits per heavy atom. The van der Waals surface area contributed by atoms with Crippen molar-refractivity contribution < 1.29 is 0 Å². The summed E-state index contributed by atoms with van der Waals surface area (Å²) in [6, 6.07) is 47.8. The Morgan fingerprint density at radius 3 is 1.20 bits per heavy atom. The zero-order chi connectivity index (χ0) is 29.7. The molecule has 45 heavy (non-hydrogen) atoms. The number of anilines is 2. The third-order valence-electron chi connectivity index (χ3n) is 9.30. The Bertz CT molecular complexity index is 2220. The van der Waals surface area contributed by atoms with Gasteiger partial charge in [-0.15, -0.1) is 0 Å². The molecule has 0 bridgehead atoms. The molecule has 214 valence electrons. The van der Waals surface area contributed by atoms with E-state index in [1.165, 1.54) is 65.6 Å². The van der Waals surface area contributed by atoms with Gasteiger partial charge in [-0.2, -0.15) is 0 Å². The van der Waals surface area contributed by atoms with Crippen molar-refractivity contribution in [2.24, 2.45) is 0 Å². The van der Waals surface area contributed by atoms with E-state index in [0.29, 0.717) is 0 Å². The minimum atomic E-state index is 0.770. The largest absolute Gasteiger partial charge is 0.351 e. The maximum atomic E-state index is 5.00. The highest BCUT2D eigenvalue weighted by atomic mass is 15.4. The molecule has 9 rings (SSSR count). The van der Waals surface area contributed by atoms with Crippen LogP contribution in [-0.4, -0.2) is 29.7 Å². The maximum Gasteiger partial charge on any atom is 0.0904 e. The van der Waals surface area contributed by atoms with Crippen molar-refractivity contribution in [2.45, 2.75) is 0 Å². The summed E-state index contributed by atoms with van der Waals surface area (Å²) < 4.78 is 0. The van der Waals surface area contributed by atoms with E-state index < -0.39 is 0 Å². The number of aromatic nitrogens is 2. The number of fused-ring (bicyclic) bond motifs is 4. The number of benzene rings is 6. The monoisotopic (exact) mass is 578 g/mol. The van der Waals surface area contributed by atoms with Crippen LogP contribution in [0.15, 0.2) is 146 Å². The van der Waals surface area contributed by atoms with Gasteiger partial charge in [0.25, 0.3) is 0 Å². The van der Waals surface area contributed by atoms with E-state index in [0.717, 1.165) is 31.1 Å². The van der Waals surface area contributed by atoms with Crippen molar-refractivity contribution in [1.82, 2.24) is 9.97 Å². The van der Waals surface area contributed by atoms with Crippen molar-refractivity contribution in [2.75, 3.05) is 29.6 Å². The van der Waals surface area contributed by atoms with Gasteiger partial charge in [-0.25, -0.2) is 0 Å². The third-order valence-corrected chi connectivity index (χ3v) is 9.30. The van der Waals surface area contributed by atoms with Gasteiger partial charge < -0.3 is 9.80 Å². The Morgan fingerprint density at radius 1 is 0.378 bits per heavy atom. The standard InChI is InChI=1S/C41H30N4/c1-5-13-32-28(9-1)17-19-36(38(32)40-34-15-7-3-11-30(34)21-23-42-40)44-25-26-45(27-44)37-20-18-29-10-2-6-14-33(29)39(37)41-35-16-8-4-12-31(35)22-24-43-41/h1-24H,25-27H2. The second-order valence-corrected chi connectivity index (χ2v) is 11.8. The summed E-state index contributed by atoms with van der Waals surface area (Å²) >= 11 is 0. The van der Waals surface area contributed by atoms with Crippen LogP contribution < -0.4 is 9.80 Å². The van der Waals surface area contributed by atoms with E-state index in [1.807, 2.05) is 12.4 Å². The summed E-state index contributed by atoms with van der Waals surface area (Å²) in [5.41, 5.74) is 6.88. The molecule has 2 aromatic heterocycles. The average Bonchev–Trinajstić information content (AvgIpc) is 3.60. The minimum absolute atomic E-state index is 0.770. The number of hydrogen-bond donors (Lipinski definition) is 0. The van der Waals surface area contributed by atoms with Crippen LogP contribution in [0.4, 0.5) is 11.4 Å². The van der Waals surface area contributed by atoms with Crippen molar-refractivity contribution in [1.29, 1.82) is 0 Å². The highest BCUT2D eigenvalue weighted by Gasteiger charge is 2.27. The summed E-state index contributed by atoms with van der Waals surface area (Å²) in [7, 11) is 0. The van der Waals surface area contributed by atoms with Gasteiger partial charge in [0.1, 0.15) is 0 Å². The summed E-state index contributed by atoms with van der Waals surface area (Å²) in [6.45, 7) is 2.59. The topological polar surface area (TPSA) is 32.3 Å². The van der Waals surface area contributed by atoms with Gasteiger partial charge in [0.15, 0.2) is 0 Å². The van der Waals surface area contributed by atoms with Gasteiger partial charge in [0, 0.05) is 58.8 Å². The molecule has 0 amide bonds. The van der Waals surface area contributed by atoms with Gasteiger partial charge in [-0.1, -0.05) is 109 Å². The fourth-order valence-electron chi connectivity index (χ4n) is 7.16. The smallest absolute Gasteiger partial charge is 0.0904 e. The molecule has 3 heterocycles. The lowest BCUT2D eigenvalue weighted by atomic mass is 9.96. The first-order chi connectivity index (χ1) is 22.3. The number of rotatable bonds is 4. The summed E-state index contributed by atoms with van der Waals surface area (Å²) in [5, 5.41) is 9.65. The van der Waals surface area contributed by atoms with Gasteiger partial charge in [-0.05, 0) is 56.6 Å². The lowest BCUT2D eigenvalue weighted by Crippen LogP contribution is -2.26. The Balaban J connectivity index is 1.20. The van der Waals surface area contributed by atoms with Crippen LogP contribution >= 0.6 is 0 Å². The van der Waals surface area contributed by atoms with E-state index in [1.54, 1.807) is 0 Å². The molecular weight excluding hydrogens is 548 g/mol. The Labute approximate surface area is 261 Å². The molecular formula is C41H30N4. The average molecular weight is 579 g/mol. The van der Waals surface area contributed by atoms with Gasteiger partial charge in [-0.3, -0.25) is 9.97 Å². The van der Waals surface area contributed by atoms with Crippen LogP contribution in [0, 0.1) is 0 Å². The second kappa shape index (κ2) is 10.5. The molecule has 1 saturated heterocycles. The predicted octanol–water partition coefficient (Wildman–Crippen LogP) is 9.71. The number of nitrogens with zero attached hydrogens (tertiary/aromatic N) is 4. The molecule has 8 aromatic rings. The van der Waals surface area contributed by atoms with E-state index in [-0.39, 0.29) is 0 Å². The SMILES string of the molecule is c1ccc2c(-c3c(N4CCN(c5ccc6ccccc6c5-c5nccc6ccccc56)C4)ccc4ccccc34)nccc2c1. The fraction of sp³-hybridized carbons (Fsp3) is 0.0732. The van der Waals surface area contributed by atoms with E-state index >= 15 is 0 Å². The van der Waals surface area contributed by atoms with Gasteiger partial charge in [0.05, 0.1) is 18.1 Å². The summed E-state index contributed by atoms with van der Waals surface area (Å²) in [6.07, 6.45) is 3.89. The lowest BCUT2D eigenvalue weighted by Gasteiger charge is -2.26. The highest BCUT2D eigenvalue weighted by molar-refractivity contribution is 6.10. The summed E-state index contributed by atoms with van der Waals surface area (Å²) in [4.78, 5) is 15.0. The van der Waals surface area contributed by atoms with Crippen molar-refractivity contribution >= 4 is 54.5 Å². The van der Waals surface area contributed by atoms with Crippen LogP contribution in [0.1, 0.15) is 0 Å². The zero-order valence-corrected chi connectivity index (χ0v) is 24.8. The number of hydrogen-bond acceptors (Lipinski definition) is 4. The molecule has 6 aromatic carbocycles. The molecule has 1 fully saturated rings. The predicted molar refractivity (Wildman–Crippen MR) is 189 cm³/mol. The minimum Gasteiger partial charge on any atom is -0.351 e. The van der Waals surface area contributed by atoms with Crippen LogP contribution in [0.3, 0.4) is 0 Å². The van der Waals surface area contributed by atoms with Gasteiger partial charge >= 0.3 is 0 Å². The molecule has 0 atom stereocenters. The highest BCUT2D eigenvalue weighted by Crippen LogP contribution is 2.43. The van der Waals surface area contributed by atoms with Crippen LogP contribution in [-0.2, 0) is 0 Å². The fourth-order valence-corrected chi connectivity index (χ4v) is 7.16. The molecule has 0 saturated carbocycles. The quantitative estimate of drug-likeness (QED) is 0.208. The first-order valence-electron chi connectivity index (χ1n) is 15.6. The molecule has 0 N–H and O–H groups in total.